The van der Waals surface area contributed by atoms with E-state index in [4.69, 9.17) is 0 Å². The molecule has 166 valence electrons. The summed E-state index contributed by atoms with van der Waals surface area (Å²) >= 11 is 1.62. The predicted octanol–water partition coefficient (Wildman–Crippen LogP) is 1.30. The molecule has 0 saturated carbocycles. The molecular formula is C22H23N5O4S. The van der Waals surface area contributed by atoms with E-state index in [1.54, 1.807) is 35.7 Å². The van der Waals surface area contributed by atoms with Crippen molar-refractivity contribution in [1.82, 2.24) is 20.5 Å². The second-order valence-corrected chi connectivity index (χ2v) is 9.19. The largest absolute Gasteiger partial charge is 0.349 e. The van der Waals surface area contributed by atoms with E-state index in [1.807, 2.05) is 5.38 Å². The van der Waals surface area contributed by atoms with Gasteiger partial charge in [0.15, 0.2) is 5.13 Å². The zero-order valence-electron chi connectivity index (χ0n) is 17.4. The first-order valence-corrected chi connectivity index (χ1v) is 11.6. The van der Waals surface area contributed by atoms with Crippen molar-refractivity contribution in [3.05, 3.63) is 46.5 Å². The molecule has 1 aromatic heterocycles. The fraction of sp³-hybridized carbons (Fsp3) is 0.409. The number of carbonyl (C=O) groups excluding carboxylic acids is 4. The van der Waals surface area contributed by atoms with Gasteiger partial charge in [-0.15, -0.1) is 11.3 Å². The summed E-state index contributed by atoms with van der Waals surface area (Å²) in [7, 11) is 0. The first-order valence-electron chi connectivity index (χ1n) is 10.7. The number of amides is 4. The van der Waals surface area contributed by atoms with Crippen molar-refractivity contribution in [2.75, 3.05) is 18.0 Å². The Bertz CT molecular complexity index is 1080. The Labute approximate surface area is 188 Å². The number of thiazole rings is 1. The Hall–Kier alpha value is -3.27. The molecule has 9 nitrogen and oxygen atoms in total. The monoisotopic (exact) mass is 453 g/mol. The van der Waals surface area contributed by atoms with Gasteiger partial charge in [0, 0.05) is 54.8 Å². The van der Waals surface area contributed by atoms with Crippen molar-refractivity contribution in [2.45, 2.75) is 44.3 Å². The molecule has 10 heteroatoms. The van der Waals surface area contributed by atoms with E-state index < -0.39 is 11.9 Å². The molecule has 5 rings (SSSR count). The third kappa shape index (κ3) is 3.86. The molecule has 3 aliphatic rings. The van der Waals surface area contributed by atoms with Gasteiger partial charge in [0.2, 0.25) is 11.8 Å². The molecule has 0 spiro atoms. The summed E-state index contributed by atoms with van der Waals surface area (Å²) < 4.78 is 0. The lowest BCUT2D eigenvalue weighted by atomic mass is 10.0. The molecule has 2 saturated heterocycles. The Morgan fingerprint density at radius 2 is 1.97 bits per heavy atom. The second-order valence-electron chi connectivity index (χ2n) is 8.32. The van der Waals surface area contributed by atoms with Crippen LogP contribution in [0.15, 0.2) is 29.8 Å². The number of nitrogens with zero attached hydrogens (tertiary/aromatic N) is 3. The summed E-state index contributed by atoms with van der Waals surface area (Å²) in [5.74, 6) is -1.15. The number of nitrogens with one attached hydrogen (secondary N) is 2. The minimum absolute atomic E-state index is 0.0913. The van der Waals surface area contributed by atoms with Gasteiger partial charge in [-0.3, -0.25) is 24.5 Å². The fourth-order valence-electron chi connectivity index (χ4n) is 4.57. The number of aromatic nitrogens is 1. The van der Waals surface area contributed by atoms with Gasteiger partial charge in [0.05, 0.1) is 0 Å². The summed E-state index contributed by atoms with van der Waals surface area (Å²) in [6.45, 7) is 1.95. The predicted molar refractivity (Wildman–Crippen MR) is 117 cm³/mol. The van der Waals surface area contributed by atoms with E-state index in [1.165, 1.54) is 4.90 Å². The molecule has 32 heavy (non-hydrogen) atoms. The van der Waals surface area contributed by atoms with Gasteiger partial charge >= 0.3 is 0 Å². The van der Waals surface area contributed by atoms with E-state index >= 15 is 0 Å². The Morgan fingerprint density at radius 3 is 2.69 bits per heavy atom. The van der Waals surface area contributed by atoms with Crippen LogP contribution >= 0.6 is 11.3 Å². The van der Waals surface area contributed by atoms with Crippen LogP contribution in [0.5, 0.6) is 0 Å². The van der Waals surface area contributed by atoms with E-state index in [-0.39, 0.29) is 36.7 Å². The molecule has 1 atom stereocenters. The average Bonchev–Trinajstić information content (AvgIpc) is 3.43. The van der Waals surface area contributed by atoms with Crippen molar-refractivity contribution in [3.63, 3.8) is 0 Å². The van der Waals surface area contributed by atoms with Crippen LogP contribution in [0.1, 0.15) is 52.0 Å². The number of piperidine rings is 2. The van der Waals surface area contributed by atoms with Crippen LogP contribution in [0.3, 0.4) is 0 Å². The van der Waals surface area contributed by atoms with Gasteiger partial charge in [-0.05, 0) is 43.0 Å². The van der Waals surface area contributed by atoms with Crippen LogP contribution < -0.4 is 15.5 Å². The molecule has 1 unspecified atom stereocenters. The summed E-state index contributed by atoms with van der Waals surface area (Å²) in [6, 6.07) is 4.48. The number of benzene rings is 1. The molecule has 1 aromatic carbocycles. The smallest absolute Gasteiger partial charge is 0.255 e. The van der Waals surface area contributed by atoms with Crippen LogP contribution in [0.25, 0.3) is 0 Å². The number of carbonyl (C=O) groups is 4. The number of fused-ring (bicyclic) bond motifs is 1. The summed E-state index contributed by atoms with van der Waals surface area (Å²) in [4.78, 5) is 57.3. The zero-order chi connectivity index (χ0) is 22.2. The van der Waals surface area contributed by atoms with E-state index in [2.05, 4.69) is 20.5 Å². The lowest BCUT2D eigenvalue weighted by Crippen LogP contribution is -2.52. The molecular weight excluding hydrogens is 430 g/mol. The fourth-order valence-corrected chi connectivity index (χ4v) is 5.27. The molecule has 4 heterocycles. The highest BCUT2D eigenvalue weighted by Crippen LogP contribution is 2.28. The standard InChI is InChI=1S/C22H23N5O4S/c28-18-4-3-17(20(30)25-18)27-12-14-11-13(1-2-16(14)21(27)31)19(29)24-15-5-8-26(9-6-15)22-23-7-10-32-22/h1-2,7,10-11,15,17H,3-6,8-9,12H2,(H,24,29)(H,25,28,30). The van der Waals surface area contributed by atoms with Crippen molar-refractivity contribution < 1.29 is 19.2 Å². The van der Waals surface area contributed by atoms with Crippen molar-refractivity contribution in [2.24, 2.45) is 0 Å². The van der Waals surface area contributed by atoms with Gasteiger partial charge in [-0.25, -0.2) is 4.98 Å². The molecule has 2 N–H and O–H groups in total. The van der Waals surface area contributed by atoms with Gasteiger partial charge in [-0.2, -0.15) is 0 Å². The number of hydrogen-bond donors (Lipinski definition) is 2. The minimum atomic E-state index is -0.659. The SMILES string of the molecule is O=C1CCC(N2Cc3cc(C(=O)NC4CCN(c5nccs5)CC4)ccc3C2=O)C(=O)N1. The third-order valence-corrected chi connectivity index (χ3v) is 7.14. The number of imide groups is 1. The van der Waals surface area contributed by atoms with Gasteiger partial charge in [0.1, 0.15) is 6.04 Å². The summed E-state index contributed by atoms with van der Waals surface area (Å²) in [5, 5.41) is 8.38. The molecule has 2 fully saturated rings. The van der Waals surface area contributed by atoms with Crippen LogP contribution in [0.2, 0.25) is 0 Å². The Balaban J connectivity index is 1.22. The van der Waals surface area contributed by atoms with Crippen molar-refractivity contribution in [3.8, 4) is 0 Å². The maximum Gasteiger partial charge on any atom is 0.255 e. The average molecular weight is 454 g/mol. The number of hydrogen-bond acceptors (Lipinski definition) is 7. The van der Waals surface area contributed by atoms with Crippen molar-refractivity contribution >= 4 is 40.1 Å². The maximum absolute atomic E-state index is 12.8. The Morgan fingerprint density at radius 1 is 1.16 bits per heavy atom. The molecule has 0 aliphatic carbocycles. The van der Waals surface area contributed by atoms with Gasteiger partial charge in [0.25, 0.3) is 11.8 Å². The lowest BCUT2D eigenvalue weighted by Gasteiger charge is -2.32. The molecule has 4 amide bonds. The number of rotatable bonds is 4. The van der Waals surface area contributed by atoms with E-state index in [0.717, 1.165) is 36.6 Å². The minimum Gasteiger partial charge on any atom is -0.349 e. The van der Waals surface area contributed by atoms with Crippen LogP contribution in [-0.4, -0.2) is 58.7 Å². The molecule has 0 bridgehead atoms. The highest BCUT2D eigenvalue weighted by Gasteiger charge is 2.39. The van der Waals surface area contributed by atoms with Gasteiger partial charge < -0.3 is 15.1 Å². The van der Waals surface area contributed by atoms with Crippen molar-refractivity contribution in [1.29, 1.82) is 0 Å². The number of anilines is 1. The highest BCUT2D eigenvalue weighted by molar-refractivity contribution is 7.13. The topological polar surface area (TPSA) is 112 Å². The normalized spacial score (nSPS) is 21.5. The zero-order valence-corrected chi connectivity index (χ0v) is 18.2. The summed E-state index contributed by atoms with van der Waals surface area (Å²) in [5.41, 5.74) is 1.73. The van der Waals surface area contributed by atoms with Crippen LogP contribution in [0, 0.1) is 0 Å². The second kappa shape index (κ2) is 8.34. The molecule has 3 aliphatic heterocycles. The van der Waals surface area contributed by atoms with Crippen LogP contribution in [-0.2, 0) is 16.1 Å². The van der Waals surface area contributed by atoms with Gasteiger partial charge in [-0.1, -0.05) is 0 Å². The van der Waals surface area contributed by atoms with E-state index in [0.29, 0.717) is 17.5 Å². The first-order chi connectivity index (χ1) is 15.5. The van der Waals surface area contributed by atoms with E-state index in [9.17, 15) is 19.2 Å². The lowest BCUT2D eigenvalue weighted by molar-refractivity contribution is -0.136. The molecule has 2 aromatic rings. The van der Waals surface area contributed by atoms with Crippen LogP contribution in [0.4, 0.5) is 5.13 Å². The third-order valence-electron chi connectivity index (χ3n) is 6.31. The maximum atomic E-state index is 12.8. The molecule has 0 radical (unpaired) electrons. The highest BCUT2D eigenvalue weighted by atomic mass is 32.1. The Kier molecular flexibility index (Phi) is 5.38. The quantitative estimate of drug-likeness (QED) is 0.675. The first kappa shape index (κ1) is 20.6. The summed E-state index contributed by atoms with van der Waals surface area (Å²) in [6.07, 6.45) is 4.02.